The fourth-order valence-corrected chi connectivity index (χ4v) is 9.80. The van der Waals surface area contributed by atoms with Crippen LogP contribution in [0.5, 0.6) is 5.75 Å². The number of rotatable bonds is 6. The molecular formula is C17H22Cl2O4Te. The first kappa shape index (κ1) is 19.7. The molecule has 1 aliphatic heterocycles. The van der Waals surface area contributed by atoms with Crippen LogP contribution in [0.3, 0.4) is 0 Å². The summed E-state index contributed by atoms with van der Waals surface area (Å²) in [4.78, 5) is 11.8. The van der Waals surface area contributed by atoms with E-state index in [1.165, 1.54) is 0 Å². The third-order valence-electron chi connectivity index (χ3n) is 3.80. The molecule has 0 N–H and O–H groups in total. The Balaban J connectivity index is 2.03. The van der Waals surface area contributed by atoms with Crippen molar-refractivity contribution in [3.63, 3.8) is 0 Å². The van der Waals surface area contributed by atoms with Gasteiger partial charge < -0.3 is 0 Å². The number of allylic oxidation sites excluding steroid dienone is 1. The summed E-state index contributed by atoms with van der Waals surface area (Å²) in [7, 11) is 15.0. The van der Waals surface area contributed by atoms with E-state index in [1.807, 2.05) is 24.3 Å². The molecule has 1 unspecified atom stereocenters. The van der Waals surface area contributed by atoms with Gasteiger partial charge in [-0.2, -0.15) is 0 Å². The Kier molecular flexibility index (Phi) is 7.12. The molecule has 24 heavy (non-hydrogen) atoms. The summed E-state index contributed by atoms with van der Waals surface area (Å²) < 4.78 is 17.7. The van der Waals surface area contributed by atoms with E-state index >= 15 is 0 Å². The molecule has 1 aromatic carbocycles. The minimum atomic E-state index is -3.25. The normalized spacial score (nSPS) is 20.3. The van der Waals surface area contributed by atoms with E-state index in [9.17, 15) is 4.79 Å². The Morgan fingerprint density at radius 3 is 2.58 bits per heavy atom. The molecule has 0 aromatic heterocycles. The van der Waals surface area contributed by atoms with Gasteiger partial charge in [0.25, 0.3) is 0 Å². The van der Waals surface area contributed by atoms with Crippen LogP contribution in [0.2, 0.25) is 4.47 Å². The molecule has 1 aromatic rings. The Hall–Kier alpha value is -0.600. The zero-order valence-corrected chi connectivity index (χ0v) is 17.9. The molecule has 134 valence electrons. The first-order chi connectivity index (χ1) is 11.4. The Morgan fingerprint density at radius 1 is 1.33 bits per heavy atom. The van der Waals surface area contributed by atoms with Gasteiger partial charge in [-0.1, -0.05) is 0 Å². The van der Waals surface area contributed by atoms with Crippen molar-refractivity contribution < 1.29 is 19.0 Å². The van der Waals surface area contributed by atoms with Crippen LogP contribution in [0.25, 0.3) is 0 Å². The summed E-state index contributed by atoms with van der Waals surface area (Å²) in [6, 6.07) is 7.59. The summed E-state index contributed by atoms with van der Waals surface area (Å²) in [5.74, 6) is 1.14. The van der Waals surface area contributed by atoms with Gasteiger partial charge in [0.1, 0.15) is 0 Å². The van der Waals surface area contributed by atoms with E-state index in [1.54, 1.807) is 21.0 Å². The number of hydrogen-bond donors (Lipinski definition) is 0. The predicted octanol–water partition coefficient (Wildman–Crippen LogP) is 3.84. The number of halogens is 2. The third-order valence-corrected chi connectivity index (χ3v) is 12.9. The molecule has 1 heterocycles. The first-order valence-electron chi connectivity index (χ1n) is 7.75. The minimum absolute atomic E-state index is 0.0531. The number of carbonyl (C=O) groups is 1. The fourth-order valence-electron chi connectivity index (χ4n) is 2.46. The van der Waals surface area contributed by atoms with Gasteiger partial charge in [0.15, 0.2) is 0 Å². The monoisotopic (exact) mass is 490 g/mol. The SMILES string of the molecule is CCOC(=O)/C(C)=C1/CCC(C[Te](Cl)(Cl)c2ccc(OC)cc2)O1. The van der Waals surface area contributed by atoms with Gasteiger partial charge in [-0.15, -0.1) is 0 Å². The molecule has 7 heteroatoms. The maximum atomic E-state index is 11.8. The standard InChI is InChI=1S/C17H22Cl2O4Te/c1-4-22-17(20)12(2)16-10-7-14(23-16)11-24(18,19)15-8-5-13(21-3)6-9-15/h5-6,8-9,14H,4,7,10-11H2,1-3H3/b16-12-. The van der Waals surface area contributed by atoms with Crippen LogP contribution in [-0.2, 0) is 14.3 Å². The van der Waals surface area contributed by atoms with Gasteiger partial charge in [-0.05, 0) is 0 Å². The molecule has 1 atom stereocenters. The van der Waals surface area contributed by atoms with Gasteiger partial charge in [-0.25, -0.2) is 0 Å². The molecule has 0 spiro atoms. The topological polar surface area (TPSA) is 44.8 Å². The summed E-state index contributed by atoms with van der Waals surface area (Å²) in [5.41, 5.74) is 0.534. The van der Waals surface area contributed by atoms with Crippen LogP contribution in [0.15, 0.2) is 35.6 Å². The van der Waals surface area contributed by atoms with Crippen molar-refractivity contribution >= 4 is 43.4 Å². The van der Waals surface area contributed by atoms with Crippen LogP contribution >= 0.6 is 17.9 Å². The summed E-state index contributed by atoms with van der Waals surface area (Å²) >= 11 is -3.25. The number of esters is 1. The Morgan fingerprint density at radius 2 is 2.00 bits per heavy atom. The second kappa shape index (κ2) is 8.67. The second-order valence-corrected chi connectivity index (χ2v) is 19.2. The van der Waals surface area contributed by atoms with Gasteiger partial charge in [0, 0.05) is 0 Å². The predicted molar refractivity (Wildman–Crippen MR) is 98.3 cm³/mol. The molecule has 0 amide bonds. The van der Waals surface area contributed by atoms with Gasteiger partial charge in [0.05, 0.1) is 0 Å². The van der Waals surface area contributed by atoms with Crippen molar-refractivity contribution in [1.82, 2.24) is 0 Å². The van der Waals surface area contributed by atoms with E-state index in [2.05, 4.69) is 0 Å². The van der Waals surface area contributed by atoms with Crippen molar-refractivity contribution in [2.24, 2.45) is 0 Å². The molecule has 0 radical (unpaired) electrons. The van der Waals surface area contributed by atoms with Crippen LogP contribution in [-0.4, -0.2) is 41.7 Å². The zero-order chi connectivity index (χ0) is 17.7. The molecule has 1 aliphatic rings. The van der Waals surface area contributed by atoms with E-state index in [4.69, 9.17) is 32.1 Å². The quantitative estimate of drug-likeness (QED) is 0.347. The summed E-state index contributed by atoms with van der Waals surface area (Å²) in [6.45, 7) is 3.87. The van der Waals surface area contributed by atoms with E-state index < -0.39 is 15.9 Å². The molecule has 4 nitrogen and oxygen atoms in total. The van der Waals surface area contributed by atoms with Crippen LogP contribution in [0.1, 0.15) is 26.7 Å². The average molecular weight is 489 g/mol. The molecule has 0 aliphatic carbocycles. The fraction of sp³-hybridized carbons (Fsp3) is 0.471. The average Bonchev–Trinajstić information content (AvgIpc) is 3.02. The van der Waals surface area contributed by atoms with Crippen molar-refractivity contribution in [3.8, 4) is 5.75 Å². The molecular weight excluding hydrogens is 467 g/mol. The number of ether oxygens (including phenoxy) is 3. The second-order valence-electron chi connectivity index (χ2n) is 5.46. The van der Waals surface area contributed by atoms with Crippen molar-refractivity contribution in [3.05, 3.63) is 35.6 Å². The third kappa shape index (κ3) is 4.95. The van der Waals surface area contributed by atoms with Crippen molar-refractivity contribution in [2.75, 3.05) is 13.7 Å². The number of carbonyl (C=O) groups excluding carboxylic acids is 1. The molecule has 0 bridgehead atoms. The molecule has 0 saturated carbocycles. The van der Waals surface area contributed by atoms with Crippen LogP contribution in [0, 0.1) is 0 Å². The molecule has 2 rings (SSSR count). The zero-order valence-electron chi connectivity index (χ0n) is 14.0. The van der Waals surface area contributed by atoms with Gasteiger partial charge >= 0.3 is 155 Å². The van der Waals surface area contributed by atoms with E-state index in [0.29, 0.717) is 28.8 Å². The van der Waals surface area contributed by atoms with E-state index in [-0.39, 0.29) is 12.1 Å². The van der Waals surface area contributed by atoms with E-state index in [0.717, 1.165) is 15.8 Å². The number of methoxy groups -OCH3 is 1. The Bertz CT molecular complexity index is 614. The van der Waals surface area contributed by atoms with Gasteiger partial charge in [0.2, 0.25) is 0 Å². The summed E-state index contributed by atoms with van der Waals surface area (Å²) in [5, 5.41) is 0. The van der Waals surface area contributed by atoms with Crippen molar-refractivity contribution in [2.45, 2.75) is 37.3 Å². The van der Waals surface area contributed by atoms with Gasteiger partial charge in [-0.3, -0.25) is 0 Å². The number of hydrogen-bond acceptors (Lipinski definition) is 4. The first-order valence-corrected chi connectivity index (χ1v) is 16.5. The van der Waals surface area contributed by atoms with Crippen LogP contribution < -0.4 is 8.35 Å². The number of benzene rings is 1. The Labute approximate surface area is 154 Å². The summed E-state index contributed by atoms with van der Waals surface area (Å²) in [6.07, 6.45) is 1.47. The van der Waals surface area contributed by atoms with Crippen LogP contribution in [0.4, 0.5) is 0 Å². The molecule has 1 fully saturated rings. The molecule has 1 saturated heterocycles. The maximum absolute atomic E-state index is 11.8. The van der Waals surface area contributed by atoms with Crippen molar-refractivity contribution in [1.29, 1.82) is 0 Å².